The van der Waals surface area contributed by atoms with Crippen LogP contribution in [0.3, 0.4) is 0 Å². The van der Waals surface area contributed by atoms with E-state index in [1.807, 2.05) is 27.7 Å². The summed E-state index contributed by atoms with van der Waals surface area (Å²) in [7, 11) is 0. The second-order valence-electron chi connectivity index (χ2n) is 10.9. The summed E-state index contributed by atoms with van der Waals surface area (Å²) < 4.78 is 11.7. The largest absolute Gasteiger partial charge is 0.458 e. The van der Waals surface area contributed by atoms with Crippen LogP contribution >= 0.6 is 0 Å². The normalized spacial score (nSPS) is 33.1. The average Bonchev–Trinajstić information content (AvgIpc) is 3.16. The van der Waals surface area contributed by atoms with Crippen LogP contribution in [0.5, 0.6) is 0 Å². The molecule has 0 aromatic rings. The van der Waals surface area contributed by atoms with Gasteiger partial charge in [0.2, 0.25) is 0 Å². The molecule has 0 aromatic carbocycles. The zero-order valence-electron chi connectivity index (χ0n) is 21.7. The lowest BCUT2D eigenvalue weighted by Gasteiger charge is -2.42. The van der Waals surface area contributed by atoms with Gasteiger partial charge in [-0.1, -0.05) is 51.2 Å². The Bertz CT molecular complexity index is 862. The molecule has 5 nitrogen and oxygen atoms in total. The number of aliphatic hydroxyl groups excluding tert-OH is 2. The van der Waals surface area contributed by atoms with Gasteiger partial charge in [-0.2, -0.15) is 0 Å². The van der Waals surface area contributed by atoms with Crippen LogP contribution in [0.15, 0.2) is 47.1 Å². The van der Waals surface area contributed by atoms with E-state index in [9.17, 15) is 15.0 Å². The molecule has 1 unspecified atom stereocenters. The van der Waals surface area contributed by atoms with Crippen LogP contribution in [0.2, 0.25) is 0 Å². The van der Waals surface area contributed by atoms with Crippen molar-refractivity contribution >= 4 is 5.97 Å². The van der Waals surface area contributed by atoms with E-state index in [-0.39, 0.29) is 24.1 Å². The number of hydrogen-bond donors (Lipinski definition) is 2. The Balaban J connectivity index is 1.66. The molecule has 190 valence electrons. The summed E-state index contributed by atoms with van der Waals surface area (Å²) in [4.78, 5) is 12.4. The second-order valence-corrected chi connectivity index (χ2v) is 10.9. The monoisotopic (exact) mass is 472 g/mol. The second kappa shape index (κ2) is 10.9. The van der Waals surface area contributed by atoms with Crippen LogP contribution < -0.4 is 0 Å². The molecule has 2 saturated carbocycles. The smallest absolute Gasteiger partial charge is 0.332 e. The number of esters is 1. The number of aliphatic hydroxyl groups is 2. The van der Waals surface area contributed by atoms with E-state index in [1.54, 1.807) is 0 Å². The van der Waals surface area contributed by atoms with E-state index in [0.717, 1.165) is 49.7 Å². The first-order valence-corrected chi connectivity index (χ1v) is 13.0. The molecule has 34 heavy (non-hydrogen) atoms. The van der Waals surface area contributed by atoms with E-state index in [1.165, 1.54) is 11.1 Å². The fourth-order valence-corrected chi connectivity index (χ4v) is 5.93. The molecule has 2 fully saturated rings. The van der Waals surface area contributed by atoms with Gasteiger partial charge in [0.25, 0.3) is 0 Å². The van der Waals surface area contributed by atoms with Gasteiger partial charge in [-0.3, -0.25) is 0 Å². The highest BCUT2D eigenvalue weighted by molar-refractivity contribution is 5.71. The fraction of sp³-hybridized carbons (Fsp3) is 0.690. The third kappa shape index (κ3) is 5.75. The summed E-state index contributed by atoms with van der Waals surface area (Å²) in [5.41, 5.74) is 3.94. The van der Waals surface area contributed by atoms with E-state index < -0.39 is 17.8 Å². The maximum Gasteiger partial charge on any atom is 0.332 e. The summed E-state index contributed by atoms with van der Waals surface area (Å²) in [6.45, 7) is 14.4. The van der Waals surface area contributed by atoms with Crippen molar-refractivity contribution in [2.24, 2.45) is 11.3 Å². The molecular weight excluding hydrogens is 428 g/mol. The first-order valence-electron chi connectivity index (χ1n) is 13.0. The molecule has 5 heteroatoms. The Morgan fingerprint density at radius 2 is 2.03 bits per heavy atom. The van der Waals surface area contributed by atoms with Crippen molar-refractivity contribution in [3.05, 3.63) is 47.1 Å². The Kier molecular flexibility index (Phi) is 8.65. The molecule has 3 rings (SSSR count). The molecule has 0 heterocycles. The number of carbonyl (C=O) groups is 1. The third-order valence-corrected chi connectivity index (χ3v) is 8.62. The summed E-state index contributed by atoms with van der Waals surface area (Å²) in [5.74, 6) is 0.104. The highest BCUT2D eigenvalue weighted by Crippen LogP contribution is 2.55. The number of carbonyl (C=O) groups excluding carboxylic acids is 1. The van der Waals surface area contributed by atoms with Crippen LogP contribution in [0.25, 0.3) is 0 Å². The van der Waals surface area contributed by atoms with Gasteiger partial charge in [0.15, 0.2) is 0 Å². The van der Waals surface area contributed by atoms with E-state index in [2.05, 4.69) is 31.7 Å². The Morgan fingerprint density at radius 1 is 1.32 bits per heavy atom. The molecule has 0 bridgehead atoms. The number of fused-ring (bicyclic) bond motifs is 1. The highest BCUT2D eigenvalue weighted by atomic mass is 16.6. The van der Waals surface area contributed by atoms with Gasteiger partial charge < -0.3 is 19.7 Å². The van der Waals surface area contributed by atoms with E-state index in [0.29, 0.717) is 18.8 Å². The van der Waals surface area contributed by atoms with Gasteiger partial charge in [-0.15, -0.1) is 0 Å². The summed E-state index contributed by atoms with van der Waals surface area (Å²) in [6.07, 6.45) is 11.9. The maximum atomic E-state index is 12.4. The minimum atomic E-state index is -0.665. The van der Waals surface area contributed by atoms with Gasteiger partial charge in [-0.05, 0) is 86.8 Å². The molecule has 0 aromatic heterocycles. The number of rotatable bonds is 8. The van der Waals surface area contributed by atoms with Gasteiger partial charge in [-0.25, -0.2) is 4.79 Å². The molecule has 3 aliphatic rings. The molecule has 5 atom stereocenters. The van der Waals surface area contributed by atoms with Crippen molar-refractivity contribution in [2.75, 3.05) is 6.61 Å². The zero-order valence-corrected chi connectivity index (χ0v) is 21.7. The molecule has 0 spiro atoms. The predicted molar refractivity (Wildman–Crippen MR) is 135 cm³/mol. The molecule has 3 aliphatic carbocycles. The van der Waals surface area contributed by atoms with Crippen molar-refractivity contribution in [1.29, 1.82) is 0 Å². The van der Waals surface area contributed by atoms with Crippen LogP contribution in [0, 0.1) is 11.3 Å². The molecule has 0 radical (unpaired) electrons. The van der Waals surface area contributed by atoms with Crippen LogP contribution in [0.1, 0.15) is 86.0 Å². The van der Waals surface area contributed by atoms with Crippen molar-refractivity contribution in [2.45, 2.75) is 110 Å². The zero-order chi connectivity index (χ0) is 25.1. The fourth-order valence-electron chi connectivity index (χ4n) is 5.93. The van der Waals surface area contributed by atoms with Crippen molar-refractivity contribution in [3.63, 3.8) is 0 Å². The Labute approximate surface area is 205 Å². The summed E-state index contributed by atoms with van der Waals surface area (Å²) in [5, 5.41) is 20.2. The van der Waals surface area contributed by atoms with Crippen LogP contribution in [0.4, 0.5) is 0 Å². The van der Waals surface area contributed by atoms with Crippen molar-refractivity contribution in [3.8, 4) is 0 Å². The minimum absolute atomic E-state index is 0.00979. The Hall–Kier alpha value is -1.69. The lowest BCUT2D eigenvalue weighted by molar-refractivity contribution is -0.165. The molecule has 0 aliphatic heterocycles. The minimum Gasteiger partial charge on any atom is -0.458 e. The molecule has 0 saturated heterocycles. The number of hydrogen-bond acceptors (Lipinski definition) is 5. The standard InChI is InChI=1S/C29H44O5/c1-7-28(5,8-2)34-27(32)18-33-20(4)24-13-14-25-21(10-9-15-29(24,25)6)11-12-22-16-23(30)17-26(31)19(22)3/h11-13,20,23,25-26,30-31H,3,7-10,14-18H2,1-2,4-6H3/b21-11+,22-12-/t20?,23-,25+,26+,29-/m1/s1. The summed E-state index contributed by atoms with van der Waals surface area (Å²) in [6, 6.07) is 0. The van der Waals surface area contributed by atoms with Gasteiger partial charge in [0.1, 0.15) is 12.2 Å². The van der Waals surface area contributed by atoms with E-state index >= 15 is 0 Å². The van der Waals surface area contributed by atoms with Crippen LogP contribution in [-0.4, -0.2) is 46.7 Å². The SMILES string of the molecule is C=C1/C(=C\C=C2/CCC[C@]3(C)C(C(C)OCC(=O)OC(C)(CC)CC)=CC[C@@H]23)C[C@@H](O)C[C@@H]1O. The van der Waals surface area contributed by atoms with Gasteiger partial charge >= 0.3 is 5.97 Å². The lowest BCUT2D eigenvalue weighted by Crippen LogP contribution is -2.36. The van der Waals surface area contributed by atoms with E-state index in [4.69, 9.17) is 9.47 Å². The maximum absolute atomic E-state index is 12.4. The van der Waals surface area contributed by atoms with Crippen LogP contribution in [-0.2, 0) is 14.3 Å². The van der Waals surface area contributed by atoms with Gasteiger partial charge in [0.05, 0.1) is 18.3 Å². The number of allylic oxidation sites excluding steroid dienone is 4. The topological polar surface area (TPSA) is 76.0 Å². The number of ether oxygens (including phenoxy) is 2. The highest BCUT2D eigenvalue weighted by Gasteiger charge is 2.46. The first-order chi connectivity index (χ1) is 16.0. The predicted octanol–water partition coefficient (Wildman–Crippen LogP) is 5.57. The summed E-state index contributed by atoms with van der Waals surface area (Å²) >= 11 is 0. The molecule has 0 amide bonds. The van der Waals surface area contributed by atoms with Gasteiger partial charge in [0, 0.05) is 6.42 Å². The molecule has 2 N–H and O–H groups in total. The molecular formula is C29H44O5. The average molecular weight is 473 g/mol. The van der Waals surface area contributed by atoms with Crippen molar-refractivity contribution in [1.82, 2.24) is 0 Å². The lowest BCUT2D eigenvalue weighted by atomic mass is 9.63. The first kappa shape index (κ1) is 26.9. The quantitative estimate of drug-likeness (QED) is 0.357. The van der Waals surface area contributed by atoms with Crippen molar-refractivity contribution < 1.29 is 24.5 Å². The Morgan fingerprint density at radius 3 is 2.71 bits per heavy atom. The third-order valence-electron chi connectivity index (χ3n) is 8.62.